The van der Waals surface area contributed by atoms with E-state index in [1.54, 1.807) is 0 Å². The smallest absolute Gasteiger partial charge is 0.0658 e. The fraction of sp³-hybridized carbons (Fsp3) is 0.200. The molecule has 0 saturated heterocycles. The predicted molar refractivity (Wildman–Crippen MR) is 85.6 cm³/mol. The van der Waals surface area contributed by atoms with Crippen LogP contribution in [0.2, 0.25) is 0 Å². The molecule has 3 nitrogen and oxygen atoms in total. The van der Waals surface area contributed by atoms with Crippen molar-refractivity contribution in [3.63, 3.8) is 0 Å². The zero-order valence-electron chi connectivity index (χ0n) is 10.8. The highest BCUT2D eigenvalue weighted by Gasteiger charge is 2.17. The number of anilines is 4. The Morgan fingerprint density at radius 1 is 1.16 bits per heavy atom. The summed E-state index contributed by atoms with van der Waals surface area (Å²) in [5.74, 6) is 0. The average molecular weight is 318 g/mol. The maximum absolute atomic E-state index is 3.55. The minimum Gasteiger partial charge on any atom is -0.388 e. The molecule has 3 rings (SSSR count). The first-order chi connectivity index (χ1) is 9.28. The van der Waals surface area contributed by atoms with Crippen molar-refractivity contribution in [2.24, 2.45) is 0 Å². The Balaban J connectivity index is 2.00. The standard InChI is InChI=1S/C15H16BrN3/c1-17-12-3-5-13(6-4-12)19-9-8-18-14-7-2-11(16)10-15(14)19/h2-7,10,17-18H,8-9H2,1H3. The number of benzene rings is 2. The lowest BCUT2D eigenvalue weighted by atomic mass is 10.1. The van der Waals surface area contributed by atoms with Crippen LogP contribution in [0.4, 0.5) is 22.7 Å². The Kier molecular flexibility index (Phi) is 3.34. The zero-order chi connectivity index (χ0) is 13.2. The predicted octanol–water partition coefficient (Wildman–Crippen LogP) is 4.05. The molecule has 0 amide bonds. The van der Waals surface area contributed by atoms with Gasteiger partial charge in [-0.1, -0.05) is 15.9 Å². The van der Waals surface area contributed by atoms with Gasteiger partial charge in [0.2, 0.25) is 0 Å². The Morgan fingerprint density at radius 2 is 1.95 bits per heavy atom. The van der Waals surface area contributed by atoms with Gasteiger partial charge in [-0.25, -0.2) is 0 Å². The van der Waals surface area contributed by atoms with Crippen molar-refractivity contribution < 1.29 is 0 Å². The van der Waals surface area contributed by atoms with E-state index in [1.165, 1.54) is 17.1 Å². The fourth-order valence-corrected chi connectivity index (χ4v) is 2.73. The third-order valence-corrected chi connectivity index (χ3v) is 3.86. The quantitative estimate of drug-likeness (QED) is 0.874. The summed E-state index contributed by atoms with van der Waals surface area (Å²) in [6.07, 6.45) is 0. The Morgan fingerprint density at radius 3 is 2.68 bits per heavy atom. The van der Waals surface area contributed by atoms with E-state index in [4.69, 9.17) is 0 Å². The Hall–Kier alpha value is -1.68. The van der Waals surface area contributed by atoms with Gasteiger partial charge in [0, 0.05) is 36.0 Å². The van der Waals surface area contributed by atoms with E-state index in [0.717, 1.165) is 23.2 Å². The first kappa shape index (κ1) is 12.4. The number of hydrogen-bond donors (Lipinski definition) is 2. The molecule has 0 unspecified atom stereocenters. The van der Waals surface area contributed by atoms with E-state index >= 15 is 0 Å². The van der Waals surface area contributed by atoms with Crippen molar-refractivity contribution in [3.8, 4) is 0 Å². The highest BCUT2D eigenvalue weighted by molar-refractivity contribution is 9.10. The van der Waals surface area contributed by atoms with Crippen LogP contribution in [0.5, 0.6) is 0 Å². The summed E-state index contributed by atoms with van der Waals surface area (Å²) in [6.45, 7) is 1.94. The SMILES string of the molecule is CNc1ccc(N2CCNc3ccc(Br)cc32)cc1. The first-order valence-electron chi connectivity index (χ1n) is 6.37. The van der Waals surface area contributed by atoms with Gasteiger partial charge in [0.1, 0.15) is 0 Å². The van der Waals surface area contributed by atoms with E-state index in [9.17, 15) is 0 Å². The van der Waals surface area contributed by atoms with Crippen molar-refractivity contribution in [3.05, 3.63) is 46.9 Å². The molecule has 0 aliphatic carbocycles. The Labute approximate surface area is 121 Å². The molecule has 4 heteroatoms. The van der Waals surface area contributed by atoms with Crippen molar-refractivity contribution in [2.75, 3.05) is 35.7 Å². The normalized spacial score (nSPS) is 13.7. The molecule has 2 N–H and O–H groups in total. The molecule has 98 valence electrons. The maximum atomic E-state index is 3.55. The minimum atomic E-state index is 0.961. The molecule has 1 aliphatic heterocycles. The van der Waals surface area contributed by atoms with Crippen LogP contribution in [-0.2, 0) is 0 Å². The van der Waals surface area contributed by atoms with Crippen LogP contribution in [0.3, 0.4) is 0 Å². The van der Waals surface area contributed by atoms with Crippen LogP contribution < -0.4 is 15.5 Å². The van der Waals surface area contributed by atoms with Crippen molar-refractivity contribution in [1.29, 1.82) is 0 Å². The van der Waals surface area contributed by atoms with Gasteiger partial charge in [-0.15, -0.1) is 0 Å². The monoisotopic (exact) mass is 317 g/mol. The van der Waals surface area contributed by atoms with Gasteiger partial charge < -0.3 is 15.5 Å². The van der Waals surface area contributed by atoms with Gasteiger partial charge in [-0.05, 0) is 42.5 Å². The lowest BCUT2D eigenvalue weighted by molar-refractivity contribution is 0.926. The van der Waals surface area contributed by atoms with Crippen LogP contribution in [0.25, 0.3) is 0 Å². The second kappa shape index (κ2) is 5.13. The molecule has 19 heavy (non-hydrogen) atoms. The summed E-state index contributed by atoms with van der Waals surface area (Å²) >= 11 is 3.55. The molecule has 0 atom stereocenters. The average Bonchev–Trinajstić information content (AvgIpc) is 2.47. The van der Waals surface area contributed by atoms with Crippen LogP contribution in [0.1, 0.15) is 0 Å². The maximum Gasteiger partial charge on any atom is 0.0658 e. The Bertz CT molecular complexity index is 580. The number of rotatable bonds is 2. The molecule has 0 saturated carbocycles. The summed E-state index contributed by atoms with van der Waals surface area (Å²) < 4.78 is 1.10. The first-order valence-corrected chi connectivity index (χ1v) is 7.16. The number of fused-ring (bicyclic) bond motifs is 1. The number of nitrogens with one attached hydrogen (secondary N) is 2. The lowest BCUT2D eigenvalue weighted by Crippen LogP contribution is -2.30. The van der Waals surface area contributed by atoms with Crippen LogP contribution in [0.15, 0.2) is 46.9 Å². The number of nitrogens with zero attached hydrogens (tertiary/aromatic N) is 1. The zero-order valence-corrected chi connectivity index (χ0v) is 12.4. The van der Waals surface area contributed by atoms with Crippen LogP contribution in [-0.4, -0.2) is 20.1 Å². The summed E-state index contributed by atoms with van der Waals surface area (Å²) in [4.78, 5) is 2.34. The topological polar surface area (TPSA) is 27.3 Å². The van der Waals surface area contributed by atoms with Gasteiger partial charge >= 0.3 is 0 Å². The molecule has 0 aromatic heterocycles. The van der Waals surface area contributed by atoms with E-state index in [0.29, 0.717) is 0 Å². The van der Waals surface area contributed by atoms with Gasteiger partial charge in [0.15, 0.2) is 0 Å². The summed E-state index contributed by atoms with van der Waals surface area (Å²) in [5.41, 5.74) is 4.76. The molecule has 0 spiro atoms. The molecule has 0 radical (unpaired) electrons. The largest absolute Gasteiger partial charge is 0.388 e. The van der Waals surface area contributed by atoms with Gasteiger partial charge in [0.25, 0.3) is 0 Å². The van der Waals surface area contributed by atoms with Crippen LogP contribution in [0, 0.1) is 0 Å². The van der Waals surface area contributed by atoms with Gasteiger partial charge in [-0.3, -0.25) is 0 Å². The van der Waals surface area contributed by atoms with Crippen molar-refractivity contribution >= 4 is 38.7 Å². The van der Waals surface area contributed by atoms with E-state index < -0.39 is 0 Å². The molecule has 1 heterocycles. The second-order valence-electron chi connectivity index (χ2n) is 4.54. The van der Waals surface area contributed by atoms with E-state index in [-0.39, 0.29) is 0 Å². The molecular weight excluding hydrogens is 302 g/mol. The molecule has 2 aromatic carbocycles. The third-order valence-electron chi connectivity index (χ3n) is 3.37. The lowest BCUT2D eigenvalue weighted by Gasteiger charge is -2.32. The highest BCUT2D eigenvalue weighted by atomic mass is 79.9. The summed E-state index contributed by atoms with van der Waals surface area (Å²) in [6, 6.07) is 14.9. The third kappa shape index (κ3) is 2.40. The molecule has 0 bridgehead atoms. The molecule has 1 aliphatic rings. The highest BCUT2D eigenvalue weighted by Crippen LogP contribution is 2.36. The van der Waals surface area contributed by atoms with Gasteiger partial charge in [-0.2, -0.15) is 0 Å². The van der Waals surface area contributed by atoms with Gasteiger partial charge in [0.05, 0.1) is 11.4 Å². The fourth-order valence-electron chi connectivity index (χ4n) is 2.38. The van der Waals surface area contributed by atoms with Crippen molar-refractivity contribution in [1.82, 2.24) is 0 Å². The molecular formula is C15H16BrN3. The number of hydrogen-bond acceptors (Lipinski definition) is 3. The van der Waals surface area contributed by atoms with E-state index in [2.05, 4.69) is 73.9 Å². The molecule has 0 fully saturated rings. The minimum absolute atomic E-state index is 0.961. The summed E-state index contributed by atoms with van der Waals surface area (Å²) in [7, 11) is 1.94. The molecule has 2 aromatic rings. The van der Waals surface area contributed by atoms with Crippen LogP contribution >= 0.6 is 15.9 Å². The summed E-state index contributed by atoms with van der Waals surface area (Å²) in [5, 5.41) is 6.58. The number of halogens is 1. The van der Waals surface area contributed by atoms with Crippen molar-refractivity contribution in [2.45, 2.75) is 0 Å². The van der Waals surface area contributed by atoms with E-state index in [1.807, 2.05) is 7.05 Å². The second-order valence-corrected chi connectivity index (χ2v) is 5.45.